The van der Waals surface area contributed by atoms with Gasteiger partial charge in [0.15, 0.2) is 11.5 Å². The summed E-state index contributed by atoms with van der Waals surface area (Å²) in [5.41, 5.74) is 1.22. The zero-order valence-corrected chi connectivity index (χ0v) is 11.1. The van der Waals surface area contributed by atoms with Crippen molar-refractivity contribution < 1.29 is 9.47 Å². The maximum absolute atomic E-state index is 5.65. The van der Waals surface area contributed by atoms with Gasteiger partial charge in [0, 0.05) is 37.8 Å². The number of rotatable bonds is 4. The molecule has 2 aliphatic rings. The maximum Gasteiger partial charge on any atom is 0.231 e. The molecule has 1 atom stereocenters. The summed E-state index contributed by atoms with van der Waals surface area (Å²) in [6.45, 7) is 8.43. The van der Waals surface area contributed by atoms with Crippen molar-refractivity contribution in [3.8, 4) is 11.5 Å². The van der Waals surface area contributed by atoms with Crippen LogP contribution in [0.4, 0.5) is 0 Å². The van der Waals surface area contributed by atoms with Gasteiger partial charge in [-0.15, -0.1) is 6.58 Å². The van der Waals surface area contributed by atoms with E-state index in [1.54, 1.807) is 0 Å². The summed E-state index contributed by atoms with van der Waals surface area (Å²) in [6, 6.07) is 6.48. The maximum atomic E-state index is 5.65. The second-order valence-electron chi connectivity index (χ2n) is 4.91. The molecule has 0 saturated carbocycles. The number of fused-ring (bicyclic) bond motifs is 1. The zero-order chi connectivity index (χ0) is 13.1. The van der Waals surface area contributed by atoms with Crippen molar-refractivity contribution in [1.82, 2.24) is 10.2 Å². The predicted octanol–water partition coefficient (Wildman–Crippen LogP) is 1.94. The van der Waals surface area contributed by atoms with Gasteiger partial charge in [-0.2, -0.15) is 0 Å². The number of piperazine rings is 1. The largest absolute Gasteiger partial charge is 0.454 e. The number of ether oxygens (including phenoxy) is 2. The Bertz CT molecular complexity index is 455. The SMILES string of the molecule is C=CC[C@@H](c1cccc2c1OCO2)N1CCNCC1. The molecule has 2 heterocycles. The van der Waals surface area contributed by atoms with Gasteiger partial charge in [-0.05, 0) is 12.5 Å². The summed E-state index contributed by atoms with van der Waals surface area (Å²) >= 11 is 0. The number of hydrogen-bond acceptors (Lipinski definition) is 4. The summed E-state index contributed by atoms with van der Waals surface area (Å²) in [6.07, 6.45) is 2.92. The Balaban J connectivity index is 1.91. The summed E-state index contributed by atoms with van der Waals surface area (Å²) in [4.78, 5) is 2.50. The lowest BCUT2D eigenvalue weighted by Gasteiger charge is -2.35. The Kier molecular flexibility index (Phi) is 3.71. The standard InChI is InChI=1S/C15H20N2O2/c1-2-4-13(17-9-7-16-8-10-17)12-5-3-6-14-15(12)19-11-18-14/h2-3,5-6,13,16H,1,4,7-11H2/t13-/m0/s1. The van der Waals surface area contributed by atoms with Gasteiger partial charge in [-0.1, -0.05) is 18.2 Å². The molecule has 2 aliphatic heterocycles. The van der Waals surface area contributed by atoms with Gasteiger partial charge in [0.05, 0.1) is 0 Å². The molecular formula is C15H20N2O2. The molecule has 1 saturated heterocycles. The number of hydrogen-bond donors (Lipinski definition) is 1. The third kappa shape index (κ3) is 2.46. The first-order valence-electron chi connectivity index (χ1n) is 6.84. The van der Waals surface area contributed by atoms with Crippen molar-refractivity contribution in [2.24, 2.45) is 0 Å². The molecule has 0 bridgehead atoms. The van der Waals surface area contributed by atoms with E-state index in [4.69, 9.17) is 9.47 Å². The fourth-order valence-electron chi connectivity index (χ4n) is 2.84. The van der Waals surface area contributed by atoms with Crippen LogP contribution in [-0.4, -0.2) is 37.9 Å². The molecule has 0 aliphatic carbocycles. The Morgan fingerprint density at radius 2 is 2.16 bits per heavy atom. The van der Waals surface area contributed by atoms with E-state index in [1.165, 1.54) is 5.56 Å². The third-order valence-electron chi connectivity index (χ3n) is 3.77. The normalized spacial score (nSPS) is 20.2. The van der Waals surface area contributed by atoms with Crippen LogP contribution < -0.4 is 14.8 Å². The van der Waals surface area contributed by atoms with Gasteiger partial charge >= 0.3 is 0 Å². The number of nitrogens with zero attached hydrogens (tertiary/aromatic N) is 1. The quantitative estimate of drug-likeness (QED) is 0.839. The van der Waals surface area contributed by atoms with E-state index in [9.17, 15) is 0 Å². The van der Waals surface area contributed by atoms with Gasteiger partial charge in [-0.25, -0.2) is 0 Å². The van der Waals surface area contributed by atoms with Gasteiger partial charge in [-0.3, -0.25) is 4.90 Å². The van der Waals surface area contributed by atoms with Crippen molar-refractivity contribution in [3.05, 3.63) is 36.4 Å². The second kappa shape index (κ2) is 5.63. The molecule has 4 nitrogen and oxygen atoms in total. The molecule has 0 spiro atoms. The Morgan fingerprint density at radius 1 is 1.32 bits per heavy atom. The fourth-order valence-corrected chi connectivity index (χ4v) is 2.84. The molecule has 0 amide bonds. The highest BCUT2D eigenvalue weighted by molar-refractivity contribution is 5.49. The highest BCUT2D eigenvalue weighted by atomic mass is 16.7. The molecule has 102 valence electrons. The molecular weight excluding hydrogens is 240 g/mol. The Hall–Kier alpha value is -1.52. The lowest BCUT2D eigenvalue weighted by atomic mass is 9.99. The topological polar surface area (TPSA) is 33.7 Å². The lowest BCUT2D eigenvalue weighted by molar-refractivity contribution is 0.159. The summed E-state index contributed by atoms with van der Waals surface area (Å²) in [5.74, 6) is 1.77. The zero-order valence-electron chi connectivity index (χ0n) is 11.1. The van der Waals surface area contributed by atoms with Crippen LogP contribution in [0.2, 0.25) is 0 Å². The monoisotopic (exact) mass is 260 g/mol. The van der Waals surface area contributed by atoms with E-state index in [2.05, 4.69) is 22.9 Å². The molecule has 0 unspecified atom stereocenters. The van der Waals surface area contributed by atoms with Crippen LogP contribution in [0.3, 0.4) is 0 Å². The van der Waals surface area contributed by atoms with Crippen LogP contribution in [0.5, 0.6) is 11.5 Å². The first kappa shape index (κ1) is 12.5. The smallest absolute Gasteiger partial charge is 0.231 e. The van der Waals surface area contributed by atoms with Crippen LogP contribution in [0.1, 0.15) is 18.0 Å². The molecule has 0 aromatic heterocycles. The molecule has 3 rings (SSSR count). The van der Waals surface area contributed by atoms with E-state index in [0.29, 0.717) is 12.8 Å². The molecule has 0 radical (unpaired) electrons. The predicted molar refractivity (Wildman–Crippen MR) is 74.6 cm³/mol. The lowest BCUT2D eigenvalue weighted by Crippen LogP contribution is -2.45. The van der Waals surface area contributed by atoms with Crippen LogP contribution in [0.25, 0.3) is 0 Å². The first-order valence-corrected chi connectivity index (χ1v) is 6.84. The summed E-state index contributed by atoms with van der Waals surface area (Å²) in [5, 5.41) is 3.39. The first-order chi connectivity index (χ1) is 9.40. The minimum Gasteiger partial charge on any atom is -0.454 e. The van der Waals surface area contributed by atoms with Gasteiger partial charge in [0.2, 0.25) is 6.79 Å². The second-order valence-corrected chi connectivity index (χ2v) is 4.91. The van der Waals surface area contributed by atoms with Crippen LogP contribution in [0.15, 0.2) is 30.9 Å². The molecule has 19 heavy (non-hydrogen) atoms. The van der Waals surface area contributed by atoms with E-state index in [1.807, 2.05) is 18.2 Å². The highest BCUT2D eigenvalue weighted by Crippen LogP contribution is 2.41. The van der Waals surface area contributed by atoms with Gasteiger partial charge < -0.3 is 14.8 Å². The molecule has 4 heteroatoms. The summed E-state index contributed by atoms with van der Waals surface area (Å²) < 4.78 is 11.1. The van der Waals surface area contributed by atoms with Crippen molar-refractivity contribution in [3.63, 3.8) is 0 Å². The van der Waals surface area contributed by atoms with E-state index < -0.39 is 0 Å². The minimum absolute atomic E-state index is 0.328. The third-order valence-corrected chi connectivity index (χ3v) is 3.77. The molecule has 1 N–H and O–H groups in total. The average Bonchev–Trinajstić information content (AvgIpc) is 2.94. The van der Waals surface area contributed by atoms with Crippen LogP contribution >= 0.6 is 0 Å². The van der Waals surface area contributed by atoms with Gasteiger partial charge in [0.1, 0.15) is 0 Å². The number of para-hydroxylation sites is 1. The average molecular weight is 260 g/mol. The highest BCUT2D eigenvalue weighted by Gasteiger charge is 2.27. The fraction of sp³-hybridized carbons (Fsp3) is 0.467. The molecule has 1 aromatic rings. The van der Waals surface area contributed by atoms with E-state index in [-0.39, 0.29) is 0 Å². The van der Waals surface area contributed by atoms with Crippen molar-refractivity contribution in [2.45, 2.75) is 12.5 Å². The van der Waals surface area contributed by atoms with Crippen LogP contribution in [-0.2, 0) is 0 Å². The van der Waals surface area contributed by atoms with Crippen molar-refractivity contribution >= 4 is 0 Å². The van der Waals surface area contributed by atoms with E-state index in [0.717, 1.165) is 44.1 Å². The van der Waals surface area contributed by atoms with Crippen molar-refractivity contribution in [1.29, 1.82) is 0 Å². The van der Waals surface area contributed by atoms with Crippen LogP contribution in [0, 0.1) is 0 Å². The van der Waals surface area contributed by atoms with Gasteiger partial charge in [0.25, 0.3) is 0 Å². The molecule has 1 fully saturated rings. The Labute approximate surface area is 114 Å². The Morgan fingerprint density at radius 3 is 2.95 bits per heavy atom. The summed E-state index contributed by atoms with van der Waals surface area (Å²) in [7, 11) is 0. The number of nitrogens with one attached hydrogen (secondary N) is 1. The van der Waals surface area contributed by atoms with Crippen molar-refractivity contribution in [2.75, 3.05) is 33.0 Å². The minimum atomic E-state index is 0.328. The number of benzene rings is 1. The van der Waals surface area contributed by atoms with E-state index >= 15 is 0 Å². The molecule has 1 aromatic carbocycles.